The molecule has 0 spiro atoms. The van der Waals surface area contributed by atoms with Crippen LogP contribution in [0.15, 0.2) is 44.7 Å². The maximum absolute atomic E-state index is 13.4. The number of hydrogen-bond donors (Lipinski definition) is 2. The van der Waals surface area contributed by atoms with E-state index in [1.165, 1.54) is 6.20 Å². The van der Waals surface area contributed by atoms with Gasteiger partial charge in [-0.05, 0) is 44.5 Å². The van der Waals surface area contributed by atoms with Crippen molar-refractivity contribution in [1.29, 1.82) is 5.26 Å². The molecule has 1 aliphatic heterocycles. The van der Waals surface area contributed by atoms with E-state index in [1.807, 2.05) is 26.0 Å². The summed E-state index contributed by atoms with van der Waals surface area (Å²) in [6.07, 6.45) is 3.04. The fourth-order valence-corrected chi connectivity index (χ4v) is 4.34. The van der Waals surface area contributed by atoms with Crippen molar-refractivity contribution >= 4 is 40.0 Å². The number of aliphatic imine (C=N–C) groups is 1. The Hall–Kier alpha value is -3.67. The first kappa shape index (κ1) is 25.4. The number of nitriles is 1. The van der Waals surface area contributed by atoms with Crippen LogP contribution in [-0.4, -0.2) is 31.0 Å². The minimum absolute atomic E-state index is 0.0140. The van der Waals surface area contributed by atoms with Crippen molar-refractivity contribution in [1.82, 2.24) is 4.98 Å². The Kier molecular flexibility index (Phi) is 7.16. The summed E-state index contributed by atoms with van der Waals surface area (Å²) in [6, 6.07) is 8.82. The van der Waals surface area contributed by atoms with Crippen molar-refractivity contribution < 1.29 is 9.15 Å². The van der Waals surface area contributed by atoms with E-state index in [4.69, 9.17) is 26.5 Å². The van der Waals surface area contributed by atoms with Gasteiger partial charge in [-0.15, -0.1) is 0 Å². The number of aryl methyl sites for hydroxylation is 1. The number of benzene rings is 1. The SMILES string of the molecule is Cc1cc(C(C)Nc2ccc(Cl)nc2C#N)c2oc(/C(C=NCC3(C)COC3)=C/N)c(C)c(=O)c2c1. The first-order chi connectivity index (χ1) is 17.2. The lowest BCUT2D eigenvalue weighted by molar-refractivity contribution is -0.0944. The first-order valence-electron chi connectivity index (χ1n) is 11.6. The molecular weight excluding hydrogens is 478 g/mol. The van der Waals surface area contributed by atoms with Crippen molar-refractivity contribution in [2.75, 3.05) is 25.1 Å². The van der Waals surface area contributed by atoms with Gasteiger partial charge >= 0.3 is 0 Å². The lowest BCUT2D eigenvalue weighted by Gasteiger charge is -2.36. The van der Waals surface area contributed by atoms with Crippen LogP contribution in [0.2, 0.25) is 5.15 Å². The Morgan fingerprint density at radius 2 is 2.14 bits per heavy atom. The van der Waals surface area contributed by atoms with Gasteiger partial charge in [0, 0.05) is 35.5 Å². The van der Waals surface area contributed by atoms with Gasteiger partial charge in [-0.2, -0.15) is 5.26 Å². The highest BCUT2D eigenvalue weighted by Crippen LogP contribution is 2.31. The predicted octanol–water partition coefficient (Wildman–Crippen LogP) is 4.91. The van der Waals surface area contributed by atoms with E-state index < -0.39 is 0 Å². The van der Waals surface area contributed by atoms with Crippen LogP contribution >= 0.6 is 11.6 Å². The Bertz CT molecular complexity index is 1480. The predicted molar refractivity (Wildman–Crippen MR) is 142 cm³/mol. The van der Waals surface area contributed by atoms with Crippen LogP contribution in [0, 0.1) is 30.6 Å². The first-order valence-corrected chi connectivity index (χ1v) is 11.9. The number of pyridine rings is 1. The fraction of sp³-hybridized carbons (Fsp3) is 0.333. The second-order valence-corrected chi connectivity index (χ2v) is 9.91. The average Bonchev–Trinajstić information content (AvgIpc) is 2.84. The molecule has 2 aromatic heterocycles. The monoisotopic (exact) mass is 505 g/mol. The Morgan fingerprint density at radius 1 is 1.39 bits per heavy atom. The lowest BCUT2D eigenvalue weighted by atomic mass is 9.89. The number of halogens is 1. The number of nitrogens with two attached hydrogens (primary N) is 1. The minimum Gasteiger partial charge on any atom is -0.455 e. The molecule has 1 atom stereocenters. The molecule has 0 amide bonds. The average molecular weight is 506 g/mol. The molecular formula is C27H28ClN5O3. The van der Waals surface area contributed by atoms with E-state index in [0.717, 1.165) is 11.1 Å². The van der Waals surface area contributed by atoms with E-state index in [9.17, 15) is 10.1 Å². The van der Waals surface area contributed by atoms with Gasteiger partial charge < -0.3 is 20.2 Å². The molecule has 3 aromatic rings. The summed E-state index contributed by atoms with van der Waals surface area (Å²) < 4.78 is 11.7. The van der Waals surface area contributed by atoms with Crippen LogP contribution in [-0.2, 0) is 4.74 Å². The molecule has 1 saturated heterocycles. The Labute approximate surface area is 214 Å². The summed E-state index contributed by atoms with van der Waals surface area (Å²) in [5.41, 5.74) is 9.61. The molecule has 4 rings (SSSR count). The summed E-state index contributed by atoms with van der Waals surface area (Å²) in [6.45, 7) is 9.60. The number of allylic oxidation sites excluding steroid dienone is 1. The zero-order chi connectivity index (χ0) is 26.0. The van der Waals surface area contributed by atoms with Gasteiger partial charge in [-0.1, -0.05) is 24.6 Å². The molecule has 1 aromatic carbocycles. The maximum atomic E-state index is 13.4. The maximum Gasteiger partial charge on any atom is 0.196 e. The highest BCUT2D eigenvalue weighted by molar-refractivity contribution is 6.29. The molecule has 0 saturated carbocycles. The molecule has 0 radical (unpaired) electrons. The molecule has 1 fully saturated rings. The van der Waals surface area contributed by atoms with Gasteiger partial charge in [-0.25, -0.2) is 4.98 Å². The second kappa shape index (κ2) is 10.1. The molecule has 186 valence electrons. The standard InChI is InChI=1S/C27H28ClN5O3/c1-15-7-19(17(3)32-21-5-6-23(28)33-22(21)10-30)26-20(8-15)24(34)16(2)25(36-26)18(9-29)11-31-12-27(4)13-35-14-27/h5-9,11,17,32H,12-14,29H2,1-4H3/b18-9+,31-11?. The molecule has 3 N–H and O–H groups in total. The van der Waals surface area contributed by atoms with Gasteiger partial charge in [0.2, 0.25) is 0 Å². The number of rotatable bonds is 7. The Balaban J connectivity index is 1.77. The zero-order valence-electron chi connectivity index (χ0n) is 20.7. The molecule has 3 heterocycles. The van der Waals surface area contributed by atoms with E-state index in [0.29, 0.717) is 53.3 Å². The van der Waals surface area contributed by atoms with Gasteiger partial charge in [0.15, 0.2) is 11.1 Å². The van der Waals surface area contributed by atoms with Gasteiger partial charge in [-0.3, -0.25) is 9.79 Å². The zero-order valence-corrected chi connectivity index (χ0v) is 21.4. The summed E-state index contributed by atoms with van der Waals surface area (Å²) in [7, 11) is 0. The van der Waals surface area contributed by atoms with Crippen molar-refractivity contribution in [2.24, 2.45) is 16.1 Å². The van der Waals surface area contributed by atoms with Gasteiger partial charge in [0.05, 0.1) is 35.9 Å². The highest BCUT2D eigenvalue weighted by atomic mass is 35.5. The third-order valence-corrected chi connectivity index (χ3v) is 6.45. The van der Waals surface area contributed by atoms with E-state index >= 15 is 0 Å². The number of hydrogen-bond acceptors (Lipinski definition) is 8. The van der Waals surface area contributed by atoms with Crippen LogP contribution < -0.4 is 16.5 Å². The van der Waals surface area contributed by atoms with Crippen LogP contribution in [0.4, 0.5) is 5.69 Å². The number of ether oxygens (including phenoxy) is 1. The quantitative estimate of drug-likeness (QED) is 0.345. The molecule has 36 heavy (non-hydrogen) atoms. The van der Waals surface area contributed by atoms with Crippen molar-refractivity contribution in [3.8, 4) is 6.07 Å². The number of nitrogens with zero attached hydrogens (tertiary/aromatic N) is 3. The smallest absolute Gasteiger partial charge is 0.196 e. The second-order valence-electron chi connectivity index (χ2n) is 9.52. The number of nitrogens with one attached hydrogen (secondary N) is 1. The topological polar surface area (TPSA) is 127 Å². The Morgan fingerprint density at radius 3 is 2.78 bits per heavy atom. The number of aromatic nitrogens is 1. The number of fused-ring (bicyclic) bond motifs is 1. The number of anilines is 1. The van der Waals surface area contributed by atoms with Crippen LogP contribution in [0.3, 0.4) is 0 Å². The third kappa shape index (κ3) is 4.99. The van der Waals surface area contributed by atoms with Crippen LogP contribution in [0.5, 0.6) is 0 Å². The molecule has 0 aliphatic carbocycles. The van der Waals surface area contributed by atoms with Crippen molar-refractivity contribution in [2.45, 2.75) is 33.7 Å². The van der Waals surface area contributed by atoms with Crippen molar-refractivity contribution in [3.05, 3.63) is 74.0 Å². The molecule has 8 nitrogen and oxygen atoms in total. The molecule has 9 heteroatoms. The summed E-state index contributed by atoms with van der Waals surface area (Å²) >= 11 is 5.94. The van der Waals surface area contributed by atoms with Gasteiger partial charge in [0.1, 0.15) is 22.6 Å². The molecule has 0 bridgehead atoms. The van der Waals surface area contributed by atoms with E-state index in [-0.39, 0.29) is 27.7 Å². The van der Waals surface area contributed by atoms with Crippen LogP contribution in [0.25, 0.3) is 16.5 Å². The third-order valence-electron chi connectivity index (χ3n) is 6.24. The molecule has 1 aliphatic rings. The normalized spacial score (nSPS) is 16.1. The van der Waals surface area contributed by atoms with Crippen molar-refractivity contribution in [3.63, 3.8) is 0 Å². The largest absolute Gasteiger partial charge is 0.455 e. The summed E-state index contributed by atoms with van der Waals surface area (Å²) in [5.74, 6) is 0.372. The van der Waals surface area contributed by atoms with Gasteiger partial charge in [0.25, 0.3) is 0 Å². The lowest BCUT2D eigenvalue weighted by Crippen LogP contribution is -2.42. The minimum atomic E-state index is -0.321. The summed E-state index contributed by atoms with van der Waals surface area (Å²) in [4.78, 5) is 22.0. The fourth-order valence-electron chi connectivity index (χ4n) is 4.20. The van der Waals surface area contributed by atoms with E-state index in [1.54, 1.807) is 25.3 Å². The summed E-state index contributed by atoms with van der Waals surface area (Å²) in [5, 5.41) is 13.5. The highest BCUT2D eigenvalue weighted by Gasteiger charge is 2.32. The van der Waals surface area contributed by atoms with Crippen LogP contribution in [0.1, 0.15) is 48.0 Å². The molecule has 1 unspecified atom stereocenters. The van der Waals surface area contributed by atoms with E-state index in [2.05, 4.69) is 28.3 Å².